The molecule has 0 heterocycles. The largest absolute Gasteiger partial charge is 0.370 e. The first kappa shape index (κ1) is 19.0. The molecule has 25 heavy (non-hydrogen) atoms. The highest BCUT2D eigenvalue weighted by atomic mass is 15.2. The lowest BCUT2D eigenvalue weighted by atomic mass is 9.86. The van der Waals surface area contributed by atoms with E-state index >= 15 is 0 Å². The summed E-state index contributed by atoms with van der Waals surface area (Å²) in [5, 5.41) is 7.96. The molecule has 2 rings (SSSR count). The first-order chi connectivity index (χ1) is 11.5. The third-order valence-corrected chi connectivity index (χ3v) is 4.50. The topological polar surface area (TPSA) is 53.1 Å². The predicted molar refractivity (Wildman–Crippen MR) is 108 cm³/mol. The van der Waals surface area contributed by atoms with Crippen LogP contribution in [0.2, 0.25) is 0 Å². The average Bonchev–Trinajstić information content (AvgIpc) is 2.51. The van der Waals surface area contributed by atoms with E-state index in [2.05, 4.69) is 77.9 Å². The van der Waals surface area contributed by atoms with Gasteiger partial charge in [-0.25, -0.2) is 0 Å². The molecular formula is C22H31N3. The van der Waals surface area contributed by atoms with Crippen LogP contribution in [0.4, 0.5) is 5.69 Å². The van der Waals surface area contributed by atoms with Gasteiger partial charge in [-0.15, -0.1) is 0 Å². The van der Waals surface area contributed by atoms with Crippen molar-refractivity contribution in [2.75, 3.05) is 4.90 Å². The summed E-state index contributed by atoms with van der Waals surface area (Å²) in [6.45, 7) is 13.8. The Hall–Kier alpha value is -2.29. The minimum absolute atomic E-state index is 0.0587. The van der Waals surface area contributed by atoms with Crippen molar-refractivity contribution >= 4 is 11.6 Å². The third-order valence-electron chi connectivity index (χ3n) is 4.50. The second-order valence-electron chi connectivity index (χ2n) is 8.72. The van der Waals surface area contributed by atoms with Crippen LogP contribution in [0.15, 0.2) is 48.5 Å². The van der Waals surface area contributed by atoms with Crippen molar-refractivity contribution in [1.29, 1.82) is 5.41 Å². The SMILES string of the molecule is CC(C)(C)c1ccc(CN(C(=N)N)c2ccc(C(C)(C)C)cc2)cc1. The molecule has 0 saturated carbocycles. The zero-order chi connectivity index (χ0) is 18.8. The molecule has 3 N–H and O–H groups in total. The molecule has 0 aliphatic carbocycles. The molecule has 134 valence electrons. The van der Waals surface area contributed by atoms with E-state index < -0.39 is 0 Å². The van der Waals surface area contributed by atoms with Crippen molar-refractivity contribution in [1.82, 2.24) is 0 Å². The van der Waals surface area contributed by atoms with Crippen LogP contribution < -0.4 is 10.6 Å². The average molecular weight is 338 g/mol. The normalized spacial score (nSPS) is 12.1. The number of anilines is 1. The fraction of sp³-hybridized carbons (Fsp3) is 0.409. The molecular weight excluding hydrogens is 306 g/mol. The minimum atomic E-state index is 0.0587. The van der Waals surface area contributed by atoms with Crippen LogP contribution in [0.5, 0.6) is 0 Å². The van der Waals surface area contributed by atoms with Gasteiger partial charge in [0.15, 0.2) is 5.96 Å². The van der Waals surface area contributed by atoms with Crippen LogP contribution in [0.3, 0.4) is 0 Å². The van der Waals surface area contributed by atoms with Gasteiger partial charge in [-0.05, 0) is 39.7 Å². The summed E-state index contributed by atoms with van der Waals surface area (Å²) in [5.41, 5.74) is 10.8. The van der Waals surface area contributed by atoms with E-state index in [1.807, 2.05) is 17.0 Å². The zero-order valence-electron chi connectivity index (χ0n) is 16.4. The van der Waals surface area contributed by atoms with E-state index in [-0.39, 0.29) is 16.8 Å². The Morgan fingerprint density at radius 3 is 1.56 bits per heavy atom. The summed E-state index contributed by atoms with van der Waals surface area (Å²) in [6.07, 6.45) is 0. The lowest BCUT2D eigenvalue weighted by molar-refractivity contribution is 0.589. The van der Waals surface area contributed by atoms with Crippen molar-refractivity contribution in [3.8, 4) is 0 Å². The molecule has 0 aromatic heterocycles. The molecule has 0 saturated heterocycles. The Morgan fingerprint density at radius 2 is 1.20 bits per heavy atom. The second kappa shape index (κ2) is 6.91. The van der Waals surface area contributed by atoms with E-state index in [0.717, 1.165) is 11.3 Å². The highest BCUT2D eigenvalue weighted by molar-refractivity contribution is 5.92. The van der Waals surface area contributed by atoms with Crippen molar-refractivity contribution < 1.29 is 0 Å². The number of nitrogens with one attached hydrogen (secondary N) is 1. The summed E-state index contributed by atoms with van der Waals surface area (Å²) in [4.78, 5) is 1.83. The van der Waals surface area contributed by atoms with E-state index in [1.54, 1.807) is 0 Å². The Balaban J connectivity index is 2.23. The monoisotopic (exact) mass is 337 g/mol. The van der Waals surface area contributed by atoms with E-state index in [4.69, 9.17) is 11.1 Å². The second-order valence-corrected chi connectivity index (χ2v) is 8.72. The smallest absolute Gasteiger partial charge is 0.193 e. The molecule has 0 amide bonds. The van der Waals surface area contributed by atoms with Crippen LogP contribution in [-0.2, 0) is 17.4 Å². The fourth-order valence-corrected chi connectivity index (χ4v) is 2.75. The Morgan fingerprint density at radius 1 is 0.800 bits per heavy atom. The van der Waals surface area contributed by atoms with Crippen LogP contribution in [0.25, 0.3) is 0 Å². The van der Waals surface area contributed by atoms with Gasteiger partial charge in [0.25, 0.3) is 0 Å². The quantitative estimate of drug-likeness (QED) is 0.599. The van der Waals surface area contributed by atoms with Crippen molar-refractivity contribution in [2.24, 2.45) is 5.73 Å². The van der Waals surface area contributed by atoms with Gasteiger partial charge in [0, 0.05) is 5.69 Å². The number of hydrogen-bond acceptors (Lipinski definition) is 1. The van der Waals surface area contributed by atoms with Gasteiger partial charge in [-0.1, -0.05) is 77.9 Å². The predicted octanol–water partition coefficient (Wildman–Crippen LogP) is 5.18. The van der Waals surface area contributed by atoms with Gasteiger partial charge in [0.05, 0.1) is 6.54 Å². The Bertz CT molecular complexity index is 714. The molecule has 0 atom stereocenters. The van der Waals surface area contributed by atoms with Gasteiger partial charge in [-0.3, -0.25) is 5.41 Å². The van der Waals surface area contributed by atoms with Crippen LogP contribution in [0, 0.1) is 5.41 Å². The fourth-order valence-electron chi connectivity index (χ4n) is 2.75. The molecule has 0 bridgehead atoms. The lowest BCUT2D eigenvalue weighted by Crippen LogP contribution is -2.36. The molecule has 2 aromatic carbocycles. The summed E-state index contributed by atoms with van der Waals surface area (Å²) in [7, 11) is 0. The van der Waals surface area contributed by atoms with Crippen molar-refractivity contribution in [3.05, 3.63) is 65.2 Å². The number of nitrogens with zero attached hydrogens (tertiary/aromatic N) is 1. The van der Waals surface area contributed by atoms with E-state index in [0.29, 0.717) is 6.54 Å². The molecule has 2 aromatic rings. The summed E-state index contributed by atoms with van der Waals surface area (Å²) >= 11 is 0. The van der Waals surface area contributed by atoms with E-state index in [1.165, 1.54) is 11.1 Å². The van der Waals surface area contributed by atoms with Gasteiger partial charge in [0.1, 0.15) is 0 Å². The zero-order valence-corrected chi connectivity index (χ0v) is 16.4. The highest BCUT2D eigenvalue weighted by Gasteiger charge is 2.16. The number of nitrogens with two attached hydrogens (primary N) is 1. The summed E-state index contributed by atoms with van der Waals surface area (Å²) in [5.74, 6) is 0.0587. The number of benzene rings is 2. The highest BCUT2D eigenvalue weighted by Crippen LogP contribution is 2.26. The van der Waals surface area contributed by atoms with Crippen LogP contribution in [0.1, 0.15) is 58.2 Å². The number of guanidine groups is 1. The van der Waals surface area contributed by atoms with Gasteiger partial charge in [0.2, 0.25) is 0 Å². The first-order valence-corrected chi connectivity index (χ1v) is 8.80. The summed E-state index contributed by atoms with van der Waals surface area (Å²) in [6, 6.07) is 16.9. The summed E-state index contributed by atoms with van der Waals surface area (Å²) < 4.78 is 0. The van der Waals surface area contributed by atoms with Crippen LogP contribution in [-0.4, -0.2) is 5.96 Å². The molecule has 3 heteroatoms. The molecule has 0 aliphatic rings. The number of rotatable bonds is 3. The van der Waals surface area contributed by atoms with Gasteiger partial charge >= 0.3 is 0 Å². The molecule has 0 unspecified atom stereocenters. The van der Waals surface area contributed by atoms with Crippen molar-refractivity contribution in [2.45, 2.75) is 58.9 Å². The Kier molecular flexibility index (Phi) is 5.26. The molecule has 0 fully saturated rings. The van der Waals surface area contributed by atoms with E-state index in [9.17, 15) is 0 Å². The van der Waals surface area contributed by atoms with Crippen molar-refractivity contribution in [3.63, 3.8) is 0 Å². The Labute approximate surface area is 152 Å². The molecule has 3 nitrogen and oxygen atoms in total. The van der Waals surface area contributed by atoms with Crippen LogP contribution >= 0.6 is 0 Å². The number of hydrogen-bond donors (Lipinski definition) is 2. The maximum atomic E-state index is 7.96. The first-order valence-electron chi connectivity index (χ1n) is 8.80. The standard InChI is InChI=1S/C22H31N3/c1-21(2,3)17-9-7-16(8-10-17)15-25(20(23)24)19-13-11-18(12-14-19)22(4,5)6/h7-14H,15H2,1-6H3,(H3,23,24). The molecule has 0 aliphatic heterocycles. The lowest BCUT2D eigenvalue weighted by Gasteiger charge is -2.25. The maximum Gasteiger partial charge on any atom is 0.193 e. The van der Waals surface area contributed by atoms with Gasteiger partial charge in [-0.2, -0.15) is 0 Å². The van der Waals surface area contributed by atoms with Gasteiger partial charge < -0.3 is 10.6 Å². The maximum absolute atomic E-state index is 7.96. The molecule has 0 radical (unpaired) electrons. The molecule has 0 spiro atoms. The third kappa shape index (κ3) is 4.85. The minimum Gasteiger partial charge on any atom is -0.370 e.